The van der Waals surface area contributed by atoms with Crippen molar-refractivity contribution in [2.24, 2.45) is 0 Å². The quantitative estimate of drug-likeness (QED) is 0.214. The van der Waals surface area contributed by atoms with Gasteiger partial charge in [-0.15, -0.1) is 0 Å². The fraction of sp³-hybridized carbons (Fsp3) is 0.722. The number of piperidine rings is 3. The molecule has 0 bridgehead atoms. The summed E-state index contributed by atoms with van der Waals surface area (Å²) < 4.78 is 0. The molecule has 6 heteroatoms. The van der Waals surface area contributed by atoms with Gasteiger partial charge in [0.25, 0.3) is 0 Å². The molecule has 3 unspecified atom stereocenters. The first kappa shape index (κ1) is 31.7. The zero-order valence-electron chi connectivity index (χ0n) is 26.4. The Morgan fingerprint density at radius 3 is 1.62 bits per heavy atom. The summed E-state index contributed by atoms with van der Waals surface area (Å²) in [5.74, 6) is 0. The standard InChI is InChI=1S/C36H60N6/c1-5-20-37-33(12-1)16-24-41(25-17-34-13-2-6-21-38-34)29-31-10-9-11-32(28-31)30-42(26-18-35-14-3-7-22-39-35)27-19-36-15-4-8-23-40-36/h1,5,9-12,28,34-40H,2-4,6-8,13-27,29-30H2. The van der Waals surface area contributed by atoms with E-state index in [4.69, 9.17) is 0 Å². The number of nitrogens with zero attached hydrogens (tertiary/aromatic N) is 2. The van der Waals surface area contributed by atoms with Crippen molar-refractivity contribution in [1.82, 2.24) is 31.1 Å². The van der Waals surface area contributed by atoms with Gasteiger partial charge in [0.15, 0.2) is 0 Å². The van der Waals surface area contributed by atoms with Gasteiger partial charge in [-0.25, -0.2) is 0 Å². The smallest absolute Gasteiger partial charge is 0.0330 e. The Kier molecular flexibility index (Phi) is 13.7. The van der Waals surface area contributed by atoms with E-state index < -0.39 is 0 Å². The van der Waals surface area contributed by atoms with Crippen LogP contribution < -0.4 is 21.3 Å². The van der Waals surface area contributed by atoms with Gasteiger partial charge in [0.2, 0.25) is 0 Å². The zero-order valence-corrected chi connectivity index (χ0v) is 26.4. The molecule has 0 amide bonds. The van der Waals surface area contributed by atoms with Gasteiger partial charge in [-0.05, 0) is 121 Å². The number of allylic oxidation sites excluding steroid dienone is 2. The average molecular weight is 577 g/mol. The molecule has 0 saturated carbocycles. The summed E-state index contributed by atoms with van der Waals surface area (Å²) >= 11 is 0. The number of nitrogens with one attached hydrogen (secondary N) is 4. The maximum atomic E-state index is 3.78. The fourth-order valence-corrected chi connectivity index (χ4v) is 7.36. The summed E-state index contributed by atoms with van der Waals surface area (Å²) in [6.07, 6.45) is 23.8. The van der Waals surface area contributed by atoms with E-state index in [1.165, 1.54) is 133 Å². The molecule has 0 spiro atoms. The highest BCUT2D eigenvalue weighted by Gasteiger charge is 2.19. The van der Waals surface area contributed by atoms with Crippen LogP contribution in [-0.2, 0) is 13.1 Å². The Labute approximate surface area is 257 Å². The summed E-state index contributed by atoms with van der Waals surface area (Å²) in [4.78, 5) is 5.46. The maximum absolute atomic E-state index is 3.78. The molecule has 0 radical (unpaired) electrons. The monoisotopic (exact) mass is 576 g/mol. The van der Waals surface area contributed by atoms with Crippen LogP contribution in [-0.4, -0.2) is 80.3 Å². The second kappa shape index (κ2) is 18.2. The molecule has 4 heterocycles. The van der Waals surface area contributed by atoms with E-state index in [9.17, 15) is 0 Å². The summed E-state index contributed by atoms with van der Waals surface area (Å²) in [6.45, 7) is 11.4. The van der Waals surface area contributed by atoms with Crippen LogP contribution in [0.5, 0.6) is 0 Å². The van der Waals surface area contributed by atoms with Crippen molar-refractivity contribution in [3.8, 4) is 0 Å². The molecule has 3 saturated heterocycles. The van der Waals surface area contributed by atoms with Gasteiger partial charge >= 0.3 is 0 Å². The van der Waals surface area contributed by atoms with Crippen LogP contribution >= 0.6 is 0 Å². The summed E-state index contributed by atoms with van der Waals surface area (Å²) in [5, 5.41) is 14.9. The normalized spacial score (nSPS) is 25.0. The van der Waals surface area contributed by atoms with Crippen molar-refractivity contribution >= 4 is 0 Å². The summed E-state index contributed by atoms with van der Waals surface area (Å²) in [6, 6.07) is 11.6. The highest BCUT2D eigenvalue weighted by Crippen LogP contribution is 2.18. The second-order valence-electron chi connectivity index (χ2n) is 13.4. The lowest BCUT2D eigenvalue weighted by Gasteiger charge is -2.30. The van der Waals surface area contributed by atoms with Crippen molar-refractivity contribution in [1.29, 1.82) is 0 Å². The first-order chi connectivity index (χ1) is 20.8. The van der Waals surface area contributed by atoms with E-state index in [0.717, 1.165) is 32.6 Å². The van der Waals surface area contributed by atoms with Gasteiger partial charge in [-0.2, -0.15) is 0 Å². The number of hydrogen-bond donors (Lipinski definition) is 4. The van der Waals surface area contributed by atoms with E-state index in [2.05, 4.69) is 73.6 Å². The minimum Gasteiger partial charge on any atom is -0.385 e. The van der Waals surface area contributed by atoms with Crippen LogP contribution in [0, 0.1) is 0 Å². The lowest BCUT2D eigenvalue weighted by molar-refractivity contribution is 0.220. The molecule has 0 aromatic heterocycles. The molecule has 1 aromatic carbocycles. The molecule has 3 fully saturated rings. The topological polar surface area (TPSA) is 54.6 Å². The maximum Gasteiger partial charge on any atom is 0.0330 e. The largest absolute Gasteiger partial charge is 0.385 e. The second-order valence-corrected chi connectivity index (χ2v) is 13.4. The highest BCUT2D eigenvalue weighted by molar-refractivity contribution is 5.24. The molecule has 6 nitrogen and oxygen atoms in total. The van der Waals surface area contributed by atoms with Crippen molar-refractivity contribution in [3.05, 3.63) is 59.3 Å². The number of benzene rings is 1. The molecule has 1 aromatic rings. The third kappa shape index (κ3) is 11.4. The van der Waals surface area contributed by atoms with Crippen LogP contribution in [0.1, 0.15) is 94.6 Å². The predicted octanol–water partition coefficient (Wildman–Crippen LogP) is 5.32. The first-order valence-corrected chi connectivity index (χ1v) is 17.6. The number of dihydropyridines is 1. The highest BCUT2D eigenvalue weighted by atomic mass is 15.1. The third-order valence-corrected chi connectivity index (χ3v) is 10.0. The van der Waals surface area contributed by atoms with Gasteiger partial charge in [-0.3, -0.25) is 9.80 Å². The Bertz CT molecular complexity index is 920. The Morgan fingerprint density at radius 1 is 0.643 bits per heavy atom. The van der Waals surface area contributed by atoms with Gasteiger partial charge in [0.1, 0.15) is 0 Å². The van der Waals surface area contributed by atoms with Gasteiger partial charge in [0, 0.05) is 50.0 Å². The van der Waals surface area contributed by atoms with Gasteiger partial charge in [0.05, 0.1) is 0 Å². The zero-order chi connectivity index (χ0) is 28.7. The van der Waals surface area contributed by atoms with E-state index in [1.54, 1.807) is 0 Å². The van der Waals surface area contributed by atoms with E-state index in [0.29, 0.717) is 18.1 Å². The molecule has 5 rings (SSSR count). The Balaban J connectivity index is 1.18. The van der Waals surface area contributed by atoms with Crippen LogP contribution in [0.25, 0.3) is 0 Å². The minimum atomic E-state index is 0.688. The fourth-order valence-electron chi connectivity index (χ4n) is 7.36. The van der Waals surface area contributed by atoms with Crippen LogP contribution in [0.4, 0.5) is 0 Å². The Hall–Kier alpha value is -1.70. The predicted molar refractivity (Wildman–Crippen MR) is 178 cm³/mol. The van der Waals surface area contributed by atoms with E-state index in [-0.39, 0.29) is 0 Å². The van der Waals surface area contributed by atoms with Crippen molar-refractivity contribution < 1.29 is 0 Å². The molecule has 4 aliphatic rings. The number of rotatable bonds is 16. The average Bonchev–Trinajstić information content (AvgIpc) is 3.06. The SMILES string of the molecule is C1=CCNC(CCN(CCC2CCCCN2)Cc2cccc(CN(CCC3CCCCN3)CCC3CCCCN3)c2)=C1. The summed E-state index contributed by atoms with van der Waals surface area (Å²) in [5.41, 5.74) is 4.33. The van der Waals surface area contributed by atoms with Gasteiger partial charge < -0.3 is 21.3 Å². The van der Waals surface area contributed by atoms with Crippen molar-refractivity contribution in [3.63, 3.8) is 0 Å². The van der Waals surface area contributed by atoms with Crippen LogP contribution in [0.2, 0.25) is 0 Å². The lowest BCUT2D eigenvalue weighted by Crippen LogP contribution is -2.40. The number of hydrogen-bond acceptors (Lipinski definition) is 6. The molecular weight excluding hydrogens is 516 g/mol. The van der Waals surface area contributed by atoms with Crippen molar-refractivity contribution in [2.45, 2.75) is 115 Å². The van der Waals surface area contributed by atoms with Crippen molar-refractivity contribution in [2.75, 3.05) is 52.4 Å². The molecular formula is C36H60N6. The molecule has 3 atom stereocenters. The molecule has 4 N–H and O–H groups in total. The first-order valence-electron chi connectivity index (χ1n) is 17.6. The van der Waals surface area contributed by atoms with Crippen LogP contribution in [0.3, 0.4) is 0 Å². The lowest BCUT2D eigenvalue weighted by atomic mass is 10.00. The molecule has 4 aliphatic heterocycles. The van der Waals surface area contributed by atoms with Crippen LogP contribution in [0.15, 0.2) is 48.2 Å². The third-order valence-electron chi connectivity index (χ3n) is 10.0. The van der Waals surface area contributed by atoms with E-state index >= 15 is 0 Å². The molecule has 42 heavy (non-hydrogen) atoms. The Morgan fingerprint density at radius 2 is 1.17 bits per heavy atom. The molecule has 234 valence electrons. The minimum absolute atomic E-state index is 0.688. The van der Waals surface area contributed by atoms with Gasteiger partial charge in [-0.1, -0.05) is 55.7 Å². The van der Waals surface area contributed by atoms with E-state index in [1.807, 2.05) is 0 Å². The summed E-state index contributed by atoms with van der Waals surface area (Å²) in [7, 11) is 0. The molecule has 0 aliphatic carbocycles.